The van der Waals surface area contributed by atoms with Crippen molar-refractivity contribution in [1.82, 2.24) is 19.7 Å². The summed E-state index contributed by atoms with van der Waals surface area (Å²) in [5, 5.41) is 13.8. The van der Waals surface area contributed by atoms with Crippen LogP contribution in [0.15, 0.2) is 55.1 Å². The van der Waals surface area contributed by atoms with Crippen molar-refractivity contribution in [3.63, 3.8) is 0 Å². The highest BCUT2D eigenvalue weighted by Crippen LogP contribution is 2.36. The van der Waals surface area contributed by atoms with E-state index in [2.05, 4.69) is 32.1 Å². The summed E-state index contributed by atoms with van der Waals surface area (Å²) in [6.45, 7) is 0.749. The van der Waals surface area contributed by atoms with Crippen LogP contribution in [0.4, 0.5) is 5.82 Å². The molecule has 1 aliphatic rings. The third-order valence-electron chi connectivity index (χ3n) is 4.70. The van der Waals surface area contributed by atoms with Crippen LogP contribution in [0.3, 0.4) is 0 Å². The van der Waals surface area contributed by atoms with E-state index in [0.29, 0.717) is 5.92 Å². The van der Waals surface area contributed by atoms with E-state index in [1.54, 1.807) is 12.5 Å². The largest absolute Gasteiger partial charge is 0.393 e. The molecule has 0 spiro atoms. The van der Waals surface area contributed by atoms with Crippen LogP contribution in [0.1, 0.15) is 30.0 Å². The fraction of sp³-hybridized carbons (Fsp3) is 0.316. The van der Waals surface area contributed by atoms with E-state index in [0.717, 1.165) is 36.6 Å². The molecule has 6 heteroatoms. The van der Waals surface area contributed by atoms with Crippen LogP contribution in [0, 0.1) is 0 Å². The zero-order valence-corrected chi connectivity index (χ0v) is 14.2. The monoisotopic (exact) mass is 335 g/mol. The highest BCUT2D eigenvalue weighted by Gasteiger charge is 2.29. The maximum absolute atomic E-state index is 9.50. The Hall–Kier alpha value is -2.73. The topological polar surface area (TPSA) is 67.1 Å². The van der Waals surface area contributed by atoms with Crippen molar-refractivity contribution in [3.8, 4) is 5.69 Å². The van der Waals surface area contributed by atoms with Gasteiger partial charge in [-0.1, -0.05) is 12.1 Å². The van der Waals surface area contributed by atoms with Gasteiger partial charge in [-0.05, 0) is 36.6 Å². The first-order valence-corrected chi connectivity index (χ1v) is 8.49. The molecule has 3 aromatic rings. The molecule has 0 aliphatic heterocycles. The Bertz CT molecular complexity index is 843. The molecule has 2 heterocycles. The minimum atomic E-state index is -0.175. The van der Waals surface area contributed by atoms with Crippen LogP contribution in [-0.4, -0.2) is 38.0 Å². The highest BCUT2D eigenvalue weighted by atomic mass is 16.3. The second kappa shape index (κ2) is 6.64. The van der Waals surface area contributed by atoms with Crippen molar-refractivity contribution in [1.29, 1.82) is 0 Å². The lowest BCUT2D eigenvalue weighted by Gasteiger charge is -2.31. The van der Waals surface area contributed by atoms with E-state index in [9.17, 15) is 5.11 Å². The molecular formula is C19H21N5O. The molecule has 0 saturated heterocycles. The van der Waals surface area contributed by atoms with Crippen LogP contribution in [0.2, 0.25) is 0 Å². The summed E-state index contributed by atoms with van der Waals surface area (Å²) in [6.07, 6.45) is 6.75. The molecule has 0 amide bonds. The molecule has 1 aliphatic carbocycles. The zero-order valence-electron chi connectivity index (χ0n) is 14.2. The first kappa shape index (κ1) is 15.8. The van der Waals surface area contributed by atoms with E-state index in [1.165, 1.54) is 5.56 Å². The Morgan fingerprint density at radius 1 is 1.20 bits per heavy atom. The second-order valence-corrected chi connectivity index (χ2v) is 6.60. The molecule has 128 valence electrons. The molecule has 4 rings (SSSR count). The van der Waals surface area contributed by atoms with E-state index in [-0.39, 0.29) is 6.10 Å². The summed E-state index contributed by atoms with van der Waals surface area (Å²) in [4.78, 5) is 10.9. The molecule has 0 radical (unpaired) electrons. The number of hydrogen-bond acceptors (Lipinski definition) is 5. The van der Waals surface area contributed by atoms with Crippen LogP contribution >= 0.6 is 0 Å². The van der Waals surface area contributed by atoms with Crippen molar-refractivity contribution >= 4 is 5.82 Å². The number of hydrogen-bond donors (Lipinski definition) is 1. The number of aliphatic hydroxyl groups is 1. The van der Waals surface area contributed by atoms with Gasteiger partial charge in [-0.15, -0.1) is 0 Å². The molecule has 25 heavy (non-hydrogen) atoms. The normalized spacial score (nSPS) is 19.4. The second-order valence-electron chi connectivity index (χ2n) is 6.60. The van der Waals surface area contributed by atoms with Crippen LogP contribution in [0.25, 0.3) is 5.69 Å². The summed E-state index contributed by atoms with van der Waals surface area (Å²) >= 11 is 0. The maximum Gasteiger partial charge on any atom is 0.132 e. The molecule has 0 unspecified atom stereocenters. The van der Waals surface area contributed by atoms with Gasteiger partial charge in [0.05, 0.1) is 11.8 Å². The summed E-state index contributed by atoms with van der Waals surface area (Å²) < 4.78 is 1.86. The lowest BCUT2D eigenvalue weighted by Crippen LogP contribution is -2.27. The van der Waals surface area contributed by atoms with Gasteiger partial charge in [0.25, 0.3) is 0 Å². The van der Waals surface area contributed by atoms with E-state index in [1.807, 2.05) is 42.2 Å². The summed E-state index contributed by atoms with van der Waals surface area (Å²) in [5.74, 6) is 1.25. The van der Waals surface area contributed by atoms with Crippen molar-refractivity contribution in [3.05, 3.63) is 66.4 Å². The number of rotatable bonds is 5. The van der Waals surface area contributed by atoms with Crippen LogP contribution in [-0.2, 0) is 6.54 Å². The van der Waals surface area contributed by atoms with Crippen molar-refractivity contribution in [2.75, 3.05) is 11.9 Å². The van der Waals surface area contributed by atoms with Gasteiger partial charge >= 0.3 is 0 Å². The Morgan fingerprint density at radius 3 is 2.84 bits per heavy atom. The smallest absolute Gasteiger partial charge is 0.132 e. The summed E-state index contributed by atoms with van der Waals surface area (Å²) in [6, 6.07) is 12.3. The Labute approximate surface area is 146 Å². The summed E-state index contributed by atoms with van der Waals surface area (Å²) in [7, 11) is 2.03. The molecule has 6 nitrogen and oxygen atoms in total. The lowest BCUT2D eigenvalue weighted by molar-refractivity contribution is 0.0732. The molecule has 1 N–H and O–H groups in total. The van der Waals surface area contributed by atoms with E-state index >= 15 is 0 Å². The van der Waals surface area contributed by atoms with Crippen molar-refractivity contribution in [2.45, 2.75) is 31.4 Å². The van der Waals surface area contributed by atoms with Gasteiger partial charge in [0.2, 0.25) is 0 Å². The van der Waals surface area contributed by atoms with Crippen molar-refractivity contribution < 1.29 is 5.11 Å². The molecule has 0 bridgehead atoms. The van der Waals surface area contributed by atoms with Gasteiger partial charge < -0.3 is 10.0 Å². The predicted octanol–water partition coefficient (Wildman–Crippen LogP) is 2.54. The molecule has 2 aromatic heterocycles. The van der Waals surface area contributed by atoms with Crippen LogP contribution in [0.5, 0.6) is 0 Å². The van der Waals surface area contributed by atoms with Gasteiger partial charge in [0, 0.05) is 43.7 Å². The minimum absolute atomic E-state index is 0.175. The standard InChI is InChI=1S/C19H21N5O/c1-23(19-11-18(20-13-21-19)15-9-17(25)10-15)12-14-4-2-5-16(8-14)24-7-3-6-22-24/h2-8,11,13,15,17,25H,9-10,12H2,1H3. The Balaban J connectivity index is 1.49. The fourth-order valence-corrected chi connectivity index (χ4v) is 3.20. The number of nitrogens with zero attached hydrogens (tertiary/aromatic N) is 5. The molecular weight excluding hydrogens is 314 g/mol. The van der Waals surface area contributed by atoms with Gasteiger partial charge in [0.1, 0.15) is 12.1 Å². The van der Waals surface area contributed by atoms with Gasteiger partial charge in [-0.25, -0.2) is 14.6 Å². The first-order valence-electron chi connectivity index (χ1n) is 8.49. The third kappa shape index (κ3) is 3.39. The SMILES string of the molecule is CN(Cc1cccc(-n2cccn2)c1)c1cc(C2CC(O)C2)ncn1. The summed E-state index contributed by atoms with van der Waals surface area (Å²) in [5.41, 5.74) is 3.25. The lowest BCUT2D eigenvalue weighted by atomic mass is 9.80. The number of aromatic nitrogens is 4. The molecule has 1 fully saturated rings. The van der Waals surface area contributed by atoms with E-state index < -0.39 is 0 Å². The van der Waals surface area contributed by atoms with Gasteiger partial charge in [0.15, 0.2) is 0 Å². The third-order valence-corrected chi connectivity index (χ3v) is 4.70. The molecule has 1 aromatic carbocycles. The minimum Gasteiger partial charge on any atom is -0.393 e. The Morgan fingerprint density at radius 2 is 2.08 bits per heavy atom. The zero-order chi connectivity index (χ0) is 17.2. The van der Waals surface area contributed by atoms with E-state index in [4.69, 9.17) is 0 Å². The Kier molecular flexibility index (Phi) is 4.19. The average molecular weight is 335 g/mol. The quantitative estimate of drug-likeness (QED) is 0.776. The predicted molar refractivity (Wildman–Crippen MR) is 95.7 cm³/mol. The van der Waals surface area contributed by atoms with Gasteiger partial charge in [-0.2, -0.15) is 5.10 Å². The molecule has 1 saturated carbocycles. The van der Waals surface area contributed by atoms with Crippen LogP contribution < -0.4 is 4.90 Å². The first-order chi connectivity index (χ1) is 12.2. The maximum atomic E-state index is 9.50. The highest BCUT2D eigenvalue weighted by molar-refractivity contribution is 5.42. The number of anilines is 1. The number of benzene rings is 1. The molecule has 0 atom stereocenters. The average Bonchev–Trinajstić information content (AvgIpc) is 3.14. The van der Waals surface area contributed by atoms with Crippen molar-refractivity contribution in [2.24, 2.45) is 0 Å². The number of aliphatic hydroxyl groups excluding tert-OH is 1. The van der Waals surface area contributed by atoms with Gasteiger partial charge in [-0.3, -0.25) is 0 Å². The fourth-order valence-electron chi connectivity index (χ4n) is 3.20.